The standard InChI is InChI=1S/C20H28N2O2/c1-4-16-7-5-6-8-18(16)22-13-17(10-19(22)23)20(24)21-11-14(2)9-15(3)12-21/h5-8,14-15,17H,4,9-13H2,1-3H3/t14-,15-,17+/m0/s1. The highest BCUT2D eigenvalue weighted by Crippen LogP contribution is 2.31. The van der Waals surface area contributed by atoms with E-state index in [1.165, 1.54) is 12.0 Å². The number of carbonyl (C=O) groups is 2. The molecule has 2 saturated heterocycles. The number of aryl methyl sites for hydroxylation is 1. The van der Waals surface area contributed by atoms with E-state index in [0.717, 1.165) is 25.2 Å². The number of hydrogen-bond acceptors (Lipinski definition) is 2. The number of likely N-dealkylation sites (tertiary alicyclic amines) is 1. The van der Waals surface area contributed by atoms with E-state index in [9.17, 15) is 9.59 Å². The van der Waals surface area contributed by atoms with Gasteiger partial charge in [-0.05, 0) is 36.3 Å². The van der Waals surface area contributed by atoms with Gasteiger partial charge in [0.15, 0.2) is 0 Å². The average Bonchev–Trinajstić information content (AvgIpc) is 2.94. The molecule has 0 saturated carbocycles. The average molecular weight is 328 g/mol. The van der Waals surface area contributed by atoms with Crippen molar-refractivity contribution in [1.82, 2.24) is 4.90 Å². The second-order valence-electron chi connectivity index (χ2n) is 7.58. The Labute approximate surface area is 144 Å². The van der Waals surface area contributed by atoms with Crippen molar-refractivity contribution in [3.05, 3.63) is 29.8 Å². The van der Waals surface area contributed by atoms with E-state index in [2.05, 4.69) is 26.8 Å². The van der Waals surface area contributed by atoms with Crippen molar-refractivity contribution in [2.45, 2.75) is 40.0 Å². The highest BCUT2D eigenvalue weighted by molar-refractivity contribution is 6.00. The Hall–Kier alpha value is -1.84. The molecule has 0 N–H and O–H groups in total. The van der Waals surface area contributed by atoms with Crippen molar-refractivity contribution in [1.29, 1.82) is 0 Å². The van der Waals surface area contributed by atoms with E-state index in [0.29, 0.717) is 24.8 Å². The van der Waals surface area contributed by atoms with Gasteiger partial charge < -0.3 is 9.80 Å². The fourth-order valence-corrected chi connectivity index (χ4v) is 4.28. The van der Waals surface area contributed by atoms with Crippen LogP contribution in [0, 0.1) is 17.8 Å². The zero-order chi connectivity index (χ0) is 17.3. The van der Waals surface area contributed by atoms with Crippen LogP contribution in [0.5, 0.6) is 0 Å². The fraction of sp³-hybridized carbons (Fsp3) is 0.600. The molecule has 0 bridgehead atoms. The van der Waals surface area contributed by atoms with Crippen LogP contribution in [0.1, 0.15) is 39.2 Å². The summed E-state index contributed by atoms with van der Waals surface area (Å²) < 4.78 is 0. The van der Waals surface area contributed by atoms with Gasteiger partial charge in [0.05, 0.1) is 5.92 Å². The van der Waals surface area contributed by atoms with Gasteiger partial charge in [-0.1, -0.05) is 39.0 Å². The second kappa shape index (κ2) is 6.96. The summed E-state index contributed by atoms with van der Waals surface area (Å²) in [7, 11) is 0. The van der Waals surface area contributed by atoms with Crippen LogP contribution in [0.15, 0.2) is 24.3 Å². The smallest absolute Gasteiger partial charge is 0.228 e. The topological polar surface area (TPSA) is 40.6 Å². The Kier molecular flexibility index (Phi) is 4.93. The zero-order valence-electron chi connectivity index (χ0n) is 15.0. The number of piperidine rings is 1. The minimum atomic E-state index is -0.195. The second-order valence-corrected chi connectivity index (χ2v) is 7.58. The van der Waals surface area contributed by atoms with Crippen molar-refractivity contribution in [2.24, 2.45) is 17.8 Å². The van der Waals surface area contributed by atoms with Crippen molar-refractivity contribution >= 4 is 17.5 Å². The van der Waals surface area contributed by atoms with Crippen molar-refractivity contribution in [3.8, 4) is 0 Å². The van der Waals surface area contributed by atoms with Crippen LogP contribution in [-0.2, 0) is 16.0 Å². The van der Waals surface area contributed by atoms with Crippen molar-refractivity contribution in [2.75, 3.05) is 24.5 Å². The quantitative estimate of drug-likeness (QED) is 0.855. The number of hydrogen-bond donors (Lipinski definition) is 0. The highest BCUT2D eigenvalue weighted by Gasteiger charge is 2.39. The minimum absolute atomic E-state index is 0.0763. The van der Waals surface area contributed by atoms with Gasteiger partial charge >= 0.3 is 0 Å². The largest absolute Gasteiger partial charge is 0.342 e. The van der Waals surface area contributed by atoms with Gasteiger partial charge in [-0.15, -0.1) is 0 Å². The fourth-order valence-electron chi connectivity index (χ4n) is 4.28. The Morgan fingerprint density at radius 1 is 1.12 bits per heavy atom. The third-order valence-corrected chi connectivity index (χ3v) is 5.32. The lowest BCUT2D eigenvalue weighted by Crippen LogP contribution is -2.45. The molecule has 3 rings (SSSR count). The summed E-state index contributed by atoms with van der Waals surface area (Å²) in [5.74, 6) is 1.14. The van der Waals surface area contributed by atoms with Gasteiger partial charge in [0.25, 0.3) is 0 Å². The number of amides is 2. The van der Waals surface area contributed by atoms with Crippen LogP contribution >= 0.6 is 0 Å². The van der Waals surface area contributed by atoms with Gasteiger partial charge in [-0.2, -0.15) is 0 Å². The summed E-state index contributed by atoms with van der Waals surface area (Å²) in [6.07, 6.45) is 2.42. The van der Waals surface area contributed by atoms with Crippen LogP contribution < -0.4 is 4.90 Å². The maximum absolute atomic E-state index is 12.9. The number of nitrogens with zero attached hydrogens (tertiary/aromatic N) is 2. The maximum Gasteiger partial charge on any atom is 0.228 e. The van der Waals surface area contributed by atoms with Crippen LogP contribution in [-0.4, -0.2) is 36.3 Å². The predicted molar refractivity (Wildman–Crippen MR) is 95.8 cm³/mol. The van der Waals surface area contributed by atoms with Crippen molar-refractivity contribution < 1.29 is 9.59 Å². The van der Waals surface area contributed by atoms with Crippen LogP contribution in [0.25, 0.3) is 0 Å². The molecule has 4 nitrogen and oxygen atoms in total. The molecule has 24 heavy (non-hydrogen) atoms. The number of rotatable bonds is 3. The Bertz CT molecular complexity index is 618. The summed E-state index contributed by atoms with van der Waals surface area (Å²) in [4.78, 5) is 29.2. The van der Waals surface area contributed by atoms with E-state index >= 15 is 0 Å². The van der Waals surface area contributed by atoms with Gasteiger partial charge in [0.1, 0.15) is 0 Å². The molecule has 0 aromatic heterocycles. The summed E-state index contributed by atoms with van der Waals surface area (Å²) >= 11 is 0. The van der Waals surface area contributed by atoms with E-state index in [1.54, 1.807) is 0 Å². The van der Waals surface area contributed by atoms with Crippen LogP contribution in [0.3, 0.4) is 0 Å². The van der Waals surface area contributed by atoms with Gasteiger partial charge in [0.2, 0.25) is 11.8 Å². The first-order valence-electron chi connectivity index (χ1n) is 9.16. The van der Waals surface area contributed by atoms with Gasteiger partial charge in [-0.3, -0.25) is 9.59 Å². The first-order chi connectivity index (χ1) is 11.5. The first kappa shape index (κ1) is 17.0. The molecule has 0 radical (unpaired) electrons. The molecule has 1 aromatic carbocycles. The lowest BCUT2D eigenvalue weighted by molar-refractivity contribution is -0.138. The van der Waals surface area contributed by atoms with Crippen molar-refractivity contribution in [3.63, 3.8) is 0 Å². The molecule has 3 atom stereocenters. The maximum atomic E-state index is 12.9. The molecule has 2 amide bonds. The number of benzene rings is 1. The molecular formula is C20H28N2O2. The molecular weight excluding hydrogens is 300 g/mol. The summed E-state index contributed by atoms with van der Waals surface area (Å²) in [5.41, 5.74) is 2.14. The molecule has 0 aliphatic carbocycles. The highest BCUT2D eigenvalue weighted by atomic mass is 16.2. The van der Waals surface area contributed by atoms with E-state index in [4.69, 9.17) is 0 Å². The molecule has 0 unspecified atom stereocenters. The Morgan fingerprint density at radius 3 is 2.46 bits per heavy atom. The number of anilines is 1. The summed E-state index contributed by atoms with van der Waals surface area (Å²) in [6, 6.07) is 8.02. The van der Waals surface area contributed by atoms with Crippen LogP contribution in [0.2, 0.25) is 0 Å². The minimum Gasteiger partial charge on any atom is -0.342 e. The van der Waals surface area contributed by atoms with E-state index in [-0.39, 0.29) is 17.7 Å². The Balaban J connectivity index is 1.73. The van der Waals surface area contributed by atoms with E-state index in [1.807, 2.05) is 28.0 Å². The normalized spacial score (nSPS) is 27.6. The molecule has 0 spiro atoms. The molecule has 2 fully saturated rings. The SMILES string of the molecule is CCc1ccccc1N1C[C@H](C(=O)N2C[C@@H](C)C[C@H](C)C2)CC1=O. The lowest BCUT2D eigenvalue weighted by Gasteiger charge is -2.36. The third kappa shape index (κ3) is 3.33. The molecule has 2 heterocycles. The summed E-state index contributed by atoms with van der Waals surface area (Å²) in [6.45, 7) is 8.70. The van der Waals surface area contributed by atoms with Gasteiger partial charge in [-0.25, -0.2) is 0 Å². The lowest BCUT2D eigenvalue weighted by atomic mass is 9.91. The molecule has 1 aromatic rings. The molecule has 2 aliphatic heterocycles. The summed E-state index contributed by atoms with van der Waals surface area (Å²) in [5, 5.41) is 0. The monoisotopic (exact) mass is 328 g/mol. The number of carbonyl (C=O) groups excluding carboxylic acids is 2. The predicted octanol–water partition coefficient (Wildman–Crippen LogP) is 3.11. The van der Waals surface area contributed by atoms with Gasteiger partial charge in [0, 0.05) is 31.7 Å². The number of para-hydroxylation sites is 1. The third-order valence-electron chi connectivity index (χ3n) is 5.32. The van der Waals surface area contributed by atoms with E-state index < -0.39 is 0 Å². The first-order valence-corrected chi connectivity index (χ1v) is 9.16. The Morgan fingerprint density at radius 2 is 1.79 bits per heavy atom. The zero-order valence-corrected chi connectivity index (χ0v) is 15.0. The molecule has 2 aliphatic rings. The molecule has 130 valence electrons. The molecule has 4 heteroatoms. The van der Waals surface area contributed by atoms with Crippen LogP contribution in [0.4, 0.5) is 5.69 Å².